The molecule has 0 saturated carbocycles. The van der Waals surface area contributed by atoms with Gasteiger partial charge in [-0.25, -0.2) is 0 Å². The van der Waals surface area contributed by atoms with Crippen LogP contribution in [-0.2, 0) is 14.3 Å². The lowest BCUT2D eigenvalue weighted by Gasteiger charge is -2.30. The second kappa shape index (κ2) is 18.4. The number of methoxy groups -OCH3 is 2. The molecule has 0 radical (unpaired) electrons. The first-order valence-corrected chi connectivity index (χ1v) is 13.1. The van der Waals surface area contributed by atoms with E-state index in [1.54, 1.807) is 25.3 Å². The molecule has 0 heterocycles. The predicted molar refractivity (Wildman–Crippen MR) is 153 cm³/mol. The number of hydrogen-bond acceptors (Lipinski definition) is 7. The number of rotatable bonds is 17. The summed E-state index contributed by atoms with van der Waals surface area (Å²) in [5.74, 6) is 0.304. The van der Waals surface area contributed by atoms with Crippen molar-refractivity contribution < 1.29 is 28.9 Å². The van der Waals surface area contributed by atoms with Crippen molar-refractivity contribution in [1.29, 1.82) is 0 Å². The van der Waals surface area contributed by atoms with Crippen molar-refractivity contribution in [2.24, 2.45) is 23.0 Å². The van der Waals surface area contributed by atoms with Crippen molar-refractivity contribution in [2.75, 3.05) is 40.5 Å². The Balaban J connectivity index is 0.0000137. The Morgan fingerprint density at radius 1 is 1.03 bits per heavy atom. The van der Waals surface area contributed by atoms with Crippen LogP contribution < -0.4 is 21.1 Å². The van der Waals surface area contributed by atoms with Crippen LogP contribution in [0.2, 0.25) is 0 Å². The van der Waals surface area contributed by atoms with E-state index in [4.69, 9.17) is 19.9 Å². The standard InChI is InChI=1S/C28H49N3O6.ClH/c1-19(2)20(16-22(29)23(32)18-31-27(34)25(36-7)28(3,4)5)17-30-26(33)21-12-8-9-13-24(21)37-15-11-10-14-35-6;/h8-9,12-13,19-20,22-23,25,32H,10-11,14-18,29H2,1-7H3,(H,30,33)(H,31,34);1H/t20?,22?,23?,25-;/m0./s1. The average Bonchev–Trinajstić information content (AvgIpc) is 2.84. The first kappa shape index (κ1) is 36.1. The van der Waals surface area contributed by atoms with Gasteiger partial charge in [0.15, 0.2) is 0 Å². The Hall–Kier alpha value is -1.91. The maximum absolute atomic E-state index is 12.9. The van der Waals surface area contributed by atoms with Crippen molar-refractivity contribution in [3.05, 3.63) is 29.8 Å². The van der Waals surface area contributed by atoms with Crippen molar-refractivity contribution in [3.63, 3.8) is 0 Å². The van der Waals surface area contributed by atoms with E-state index in [-0.39, 0.29) is 48.0 Å². The van der Waals surface area contributed by atoms with Gasteiger partial charge >= 0.3 is 0 Å². The molecule has 0 bridgehead atoms. The fourth-order valence-electron chi connectivity index (χ4n) is 4.03. The highest BCUT2D eigenvalue weighted by atomic mass is 35.5. The number of aliphatic hydroxyl groups excluding tert-OH is 1. The summed E-state index contributed by atoms with van der Waals surface area (Å²) in [6, 6.07) is 6.62. The number of hydrogen-bond donors (Lipinski definition) is 4. The SMILES string of the molecule is COCCCCOc1ccccc1C(=O)NCC(CC(N)C(O)CNC(=O)[C@H](OC)C(C)(C)C)C(C)C.Cl. The quantitative estimate of drug-likeness (QED) is 0.215. The summed E-state index contributed by atoms with van der Waals surface area (Å²) in [7, 11) is 3.16. The lowest BCUT2D eigenvalue weighted by molar-refractivity contribution is -0.137. The lowest BCUT2D eigenvalue weighted by Crippen LogP contribution is -2.50. The minimum atomic E-state index is -0.925. The third-order valence-electron chi connectivity index (χ3n) is 6.41. The molecule has 4 atom stereocenters. The van der Waals surface area contributed by atoms with Crippen molar-refractivity contribution in [3.8, 4) is 5.75 Å². The van der Waals surface area contributed by atoms with E-state index in [1.165, 1.54) is 7.11 Å². The third kappa shape index (κ3) is 12.8. The van der Waals surface area contributed by atoms with Crippen molar-refractivity contribution >= 4 is 24.2 Å². The number of nitrogens with two attached hydrogens (primary N) is 1. The number of carbonyl (C=O) groups excluding carboxylic acids is 2. The topological polar surface area (TPSA) is 132 Å². The Kier molecular flexibility index (Phi) is 17.5. The Labute approximate surface area is 235 Å². The molecule has 0 aromatic heterocycles. The summed E-state index contributed by atoms with van der Waals surface area (Å²) in [6.45, 7) is 11.5. The molecule has 1 aromatic rings. The van der Waals surface area contributed by atoms with E-state index < -0.39 is 18.2 Å². The first-order valence-electron chi connectivity index (χ1n) is 13.1. The molecule has 38 heavy (non-hydrogen) atoms. The summed E-state index contributed by atoms with van der Waals surface area (Å²) >= 11 is 0. The van der Waals surface area contributed by atoms with Crippen LogP contribution >= 0.6 is 12.4 Å². The summed E-state index contributed by atoms with van der Waals surface area (Å²) < 4.78 is 16.2. The Bertz CT molecular complexity index is 818. The van der Waals surface area contributed by atoms with E-state index in [1.807, 2.05) is 26.8 Å². The van der Waals surface area contributed by atoms with E-state index in [9.17, 15) is 14.7 Å². The zero-order valence-electron chi connectivity index (χ0n) is 24.1. The van der Waals surface area contributed by atoms with Crippen molar-refractivity contribution in [1.82, 2.24) is 10.6 Å². The molecule has 1 rings (SSSR count). The average molecular weight is 560 g/mol. The molecule has 220 valence electrons. The molecular formula is C28H50ClN3O6. The highest BCUT2D eigenvalue weighted by molar-refractivity contribution is 5.96. The lowest BCUT2D eigenvalue weighted by atomic mass is 9.87. The van der Waals surface area contributed by atoms with Gasteiger partial charge in [0, 0.05) is 40.0 Å². The molecule has 0 aliphatic rings. The zero-order chi connectivity index (χ0) is 28.0. The van der Waals surface area contributed by atoms with Crippen LogP contribution in [0.25, 0.3) is 0 Å². The molecule has 0 aliphatic carbocycles. The first-order chi connectivity index (χ1) is 17.4. The molecule has 0 saturated heterocycles. The van der Waals surface area contributed by atoms with Gasteiger partial charge < -0.3 is 35.7 Å². The number of aliphatic hydroxyl groups is 1. The number of benzene rings is 1. The molecule has 10 heteroatoms. The van der Waals surface area contributed by atoms with Gasteiger partial charge in [-0.05, 0) is 48.6 Å². The number of unbranched alkanes of at least 4 members (excludes halogenated alkanes) is 1. The van der Waals surface area contributed by atoms with E-state index in [0.29, 0.717) is 37.5 Å². The summed E-state index contributed by atoms with van der Waals surface area (Å²) in [5.41, 5.74) is 6.40. The number of ether oxygens (including phenoxy) is 3. The second-order valence-electron chi connectivity index (χ2n) is 11.0. The summed E-state index contributed by atoms with van der Waals surface area (Å²) in [6.07, 6.45) is 0.652. The molecule has 3 unspecified atom stereocenters. The van der Waals surface area contributed by atoms with Crippen LogP contribution in [0.1, 0.15) is 64.2 Å². The molecule has 0 fully saturated rings. The normalized spacial score (nSPS) is 14.7. The minimum absolute atomic E-state index is 0. The Morgan fingerprint density at radius 2 is 1.66 bits per heavy atom. The van der Waals surface area contributed by atoms with Gasteiger partial charge in [0.25, 0.3) is 5.91 Å². The van der Waals surface area contributed by atoms with Crippen LogP contribution in [-0.4, -0.2) is 75.7 Å². The number of carbonyl (C=O) groups is 2. The fourth-order valence-corrected chi connectivity index (χ4v) is 4.03. The minimum Gasteiger partial charge on any atom is -0.493 e. The van der Waals surface area contributed by atoms with Crippen LogP contribution in [0, 0.1) is 17.3 Å². The maximum atomic E-state index is 12.9. The van der Waals surface area contributed by atoms with E-state index in [0.717, 1.165) is 12.8 Å². The molecule has 0 aliphatic heterocycles. The largest absolute Gasteiger partial charge is 0.493 e. The fraction of sp³-hybridized carbons (Fsp3) is 0.714. The van der Waals surface area contributed by atoms with Gasteiger partial charge in [0.1, 0.15) is 11.9 Å². The second-order valence-corrected chi connectivity index (χ2v) is 11.0. The van der Waals surface area contributed by atoms with Crippen LogP contribution in [0.4, 0.5) is 0 Å². The van der Waals surface area contributed by atoms with Crippen LogP contribution in [0.3, 0.4) is 0 Å². The molecule has 5 N–H and O–H groups in total. The maximum Gasteiger partial charge on any atom is 0.255 e. The molecule has 2 amide bonds. The monoisotopic (exact) mass is 559 g/mol. The van der Waals surface area contributed by atoms with Gasteiger partial charge in [-0.2, -0.15) is 0 Å². The smallest absolute Gasteiger partial charge is 0.255 e. The number of halogens is 1. The molecule has 9 nitrogen and oxygen atoms in total. The molecule has 0 spiro atoms. The Morgan fingerprint density at radius 3 is 2.24 bits per heavy atom. The van der Waals surface area contributed by atoms with Gasteiger partial charge in [0.2, 0.25) is 5.91 Å². The summed E-state index contributed by atoms with van der Waals surface area (Å²) in [5, 5.41) is 16.3. The van der Waals surface area contributed by atoms with Gasteiger partial charge in [0.05, 0.1) is 18.3 Å². The van der Waals surface area contributed by atoms with Crippen LogP contribution in [0.5, 0.6) is 5.75 Å². The van der Waals surface area contributed by atoms with Gasteiger partial charge in [-0.3, -0.25) is 9.59 Å². The zero-order valence-corrected chi connectivity index (χ0v) is 24.9. The predicted octanol–water partition coefficient (Wildman–Crippen LogP) is 3.17. The highest BCUT2D eigenvalue weighted by Crippen LogP contribution is 2.22. The number of nitrogens with one attached hydrogen (secondary N) is 2. The van der Waals surface area contributed by atoms with Crippen LogP contribution in [0.15, 0.2) is 24.3 Å². The van der Waals surface area contributed by atoms with Gasteiger partial charge in [-0.1, -0.05) is 46.8 Å². The molecular weight excluding hydrogens is 510 g/mol. The third-order valence-corrected chi connectivity index (χ3v) is 6.41. The molecule has 1 aromatic carbocycles. The van der Waals surface area contributed by atoms with Crippen molar-refractivity contribution in [2.45, 2.75) is 72.1 Å². The number of amides is 2. The van der Waals surface area contributed by atoms with Gasteiger partial charge in [-0.15, -0.1) is 12.4 Å². The highest BCUT2D eigenvalue weighted by Gasteiger charge is 2.32. The summed E-state index contributed by atoms with van der Waals surface area (Å²) in [4.78, 5) is 25.4. The number of para-hydroxylation sites is 1. The van der Waals surface area contributed by atoms with E-state index >= 15 is 0 Å². The van der Waals surface area contributed by atoms with E-state index in [2.05, 4.69) is 24.5 Å².